The van der Waals surface area contributed by atoms with Crippen LogP contribution in [-0.4, -0.2) is 37.1 Å². The lowest BCUT2D eigenvalue weighted by Gasteiger charge is -2.29. The molecule has 3 atom stereocenters. The molecule has 0 spiro atoms. The third-order valence-corrected chi connectivity index (χ3v) is 5.14. The van der Waals surface area contributed by atoms with Crippen molar-refractivity contribution in [2.45, 2.75) is 38.2 Å². The van der Waals surface area contributed by atoms with Crippen molar-refractivity contribution in [3.05, 3.63) is 29.1 Å². The van der Waals surface area contributed by atoms with Crippen molar-refractivity contribution in [2.75, 3.05) is 27.2 Å². The summed E-state index contributed by atoms with van der Waals surface area (Å²) in [5.74, 6) is 0.846. The van der Waals surface area contributed by atoms with Crippen LogP contribution in [0.25, 0.3) is 0 Å². The Bertz CT molecular complexity index is 488. The maximum absolute atomic E-state index is 5.38. The molecule has 1 saturated carbocycles. The number of piperidine rings is 1. The summed E-state index contributed by atoms with van der Waals surface area (Å²) in [4.78, 5) is 7.13. The Labute approximate surface area is 116 Å². The monoisotopic (exact) mass is 260 g/mol. The topological polar surface area (TPSA) is 25.4 Å². The fraction of sp³-hybridized carbons (Fsp3) is 0.688. The Morgan fingerprint density at radius 2 is 2.32 bits per heavy atom. The molecule has 0 aromatic carbocycles. The minimum Gasteiger partial charge on any atom is -0.375 e. The van der Waals surface area contributed by atoms with Gasteiger partial charge in [0.05, 0.1) is 11.8 Å². The Kier molecular flexibility index (Phi) is 3.14. The van der Waals surface area contributed by atoms with Gasteiger partial charge < -0.3 is 9.64 Å². The quantitative estimate of drug-likeness (QED) is 0.835. The van der Waals surface area contributed by atoms with Gasteiger partial charge >= 0.3 is 0 Å². The lowest BCUT2D eigenvalue weighted by molar-refractivity contribution is 0.115. The van der Waals surface area contributed by atoms with E-state index in [1.807, 2.05) is 0 Å². The SMILES string of the molecule is CO[C@@H](C)c1ncc([C@]23CCN(C)C[C@H]2C3)cc1C. The molecule has 2 fully saturated rings. The zero-order valence-electron chi connectivity index (χ0n) is 12.4. The molecule has 1 saturated heterocycles. The normalized spacial score (nSPS) is 31.9. The fourth-order valence-electron chi connectivity index (χ4n) is 3.68. The van der Waals surface area contributed by atoms with E-state index >= 15 is 0 Å². The summed E-state index contributed by atoms with van der Waals surface area (Å²) >= 11 is 0. The van der Waals surface area contributed by atoms with Crippen molar-refractivity contribution in [1.29, 1.82) is 0 Å². The maximum atomic E-state index is 5.38. The summed E-state index contributed by atoms with van der Waals surface area (Å²) in [6.07, 6.45) is 4.81. The smallest absolute Gasteiger partial charge is 0.0965 e. The molecule has 0 radical (unpaired) electrons. The minimum absolute atomic E-state index is 0.0824. The minimum atomic E-state index is 0.0824. The number of hydrogen-bond acceptors (Lipinski definition) is 3. The lowest BCUT2D eigenvalue weighted by atomic mass is 9.87. The van der Waals surface area contributed by atoms with Gasteiger partial charge in [0.2, 0.25) is 0 Å². The van der Waals surface area contributed by atoms with Gasteiger partial charge in [-0.2, -0.15) is 0 Å². The molecule has 19 heavy (non-hydrogen) atoms. The number of aromatic nitrogens is 1. The van der Waals surface area contributed by atoms with Crippen molar-refractivity contribution in [1.82, 2.24) is 9.88 Å². The number of rotatable bonds is 3. The van der Waals surface area contributed by atoms with Gasteiger partial charge in [-0.05, 0) is 57.3 Å². The molecule has 0 bridgehead atoms. The second kappa shape index (κ2) is 4.57. The maximum Gasteiger partial charge on any atom is 0.0965 e. The van der Waals surface area contributed by atoms with E-state index in [1.54, 1.807) is 7.11 Å². The number of likely N-dealkylation sites (tertiary alicyclic amines) is 1. The van der Waals surface area contributed by atoms with Crippen molar-refractivity contribution in [3.8, 4) is 0 Å². The molecule has 3 rings (SSSR count). The van der Waals surface area contributed by atoms with Crippen molar-refractivity contribution in [2.24, 2.45) is 5.92 Å². The molecule has 1 aliphatic carbocycles. The Balaban J connectivity index is 1.86. The largest absolute Gasteiger partial charge is 0.375 e. The number of hydrogen-bond donors (Lipinski definition) is 0. The third-order valence-electron chi connectivity index (χ3n) is 5.14. The van der Waals surface area contributed by atoms with Gasteiger partial charge in [-0.1, -0.05) is 6.07 Å². The highest BCUT2D eigenvalue weighted by Crippen LogP contribution is 2.59. The Morgan fingerprint density at radius 3 is 2.95 bits per heavy atom. The first-order valence-corrected chi connectivity index (χ1v) is 7.25. The predicted molar refractivity (Wildman–Crippen MR) is 76.3 cm³/mol. The highest BCUT2D eigenvalue weighted by atomic mass is 16.5. The summed E-state index contributed by atoms with van der Waals surface area (Å²) in [6, 6.07) is 2.35. The first-order chi connectivity index (χ1) is 9.06. The van der Waals surface area contributed by atoms with E-state index in [1.165, 1.54) is 37.1 Å². The average Bonchev–Trinajstić information content (AvgIpc) is 3.12. The van der Waals surface area contributed by atoms with E-state index in [2.05, 4.69) is 43.0 Å². The zero-order chi connectivity index (χ0) is 13.6. The zero-order valence-corrected chi connectivity index (χ0v) is 12.4. The molecular formula is C16H24N2O. The summed E-state index contributed by atoms with van der Waals surface area (Å²) < 4.78 is 5.38. The number of fused-ring (bicyclic) bond motifs is 1. The van der Waals surface area contributed by atoms with Crippen LogP contribution in [0.5, 0.6) is 0 Å². The molecule has 1 aliphatic heterocycles. The van der Waals surface area contributed by atoms with Gasteiger partial charge in [0.25, 0.3) is 0 Å². The van der Waals surface area contributed by atoms with Crippen LogP contribution in [0.2, 0.25) is 0 Å². The van der Waals surface area contributed by atoms with Crippen LogP contribution in [0.3, 0.4) is 0 Å². The molecule has 104 valence electrons. The van der Waals surface area contributed by atoms with Crippen LogP contribution < -0.4 is 0 Å². The van der Waals surface area contributed by atoms with Crippen LogP contribution in [0.1, 0.15) is 42.7 Å². The molecular weight excluding hydrogens is 236 g/mol. The van der Waals surface area contributed by atoms with Crippen LogP contribution in [0.15, 0.2) is 12.3 Å². The average molecular weight is 260 g/mol. The Hall–Kier alpha value is -0.930. The summed E-state index contributed by atoms with van der Waals surface area (Å²) in [5.41, 5.74) is 4.24. The van der Waals surface area contributed by atoms with Gasteiger partial charge in [-0.25, -0.2) is 0 Å². The second-order valence-corrected chi connectivity index (χ2v) is 6.37. The predicted octanol–water partition coefficient (Wildman–Crippen LogP) is 2.69. The summed E-state index contributed by atoms with van der Waals surface area (Å²) in [5, 5.41) is 0. The van der Waals surface area contributed by atoms with Crippen molar-refractivity contribution >= 4 is 0 Å². The van der Waals surface area contributed by atoms with E-state index in [9.17, 15) is 0 Å². The van der Waals surface area contributed by atoms with E-state index in [-0.39, 0.29) is 6.10 Å². The number of aryl methyl sites for hydroxylation is 1. The van der Waals surface area contributed by atoms with Gasteiger partial charge in [-0.15, -0.1) is 0 Å². The molecule has 0 unspecified atom stereocenters. The van der Waals surface area contributed by atoms with Crippen LogP contribution in [0, 0.1) is 12.8 Å². The van der Waals surface area contributed by atoms with Crippen LogP contribution in [0.4, 0.5) is 0 Å². The standard InChI is InChI=1S/C16H24N2O/c1-11-7-13(9-17-15(11)12(2)19-4)16-5-6-18(3)10-14(16)8-16/h7,9,12,14H,5-6,8,10H2,1-4H3/t12-,14+,16+/m0/s1. The second-order valence-electron chi connectivity index (χ2n) is 6.37. The first kappa shape index (κ1) is 13.1. The lowest BCUT2D eigenvalue weighted by Crippen LogP contribution is -2.33. The molecule has 1 aromatic heterocycles. The van der Waals surface area contributed by atoms with Gasteiger partial charge in [0.15, 0.2) is 0 Å². The first-order valence-electron chi connectivity index (χ1n) is 7.25. The highest BCUT2D eigenvalue weighted by Gasteiger charge is 2.57. The van der Waals surface area contributed by atoms with E-state index in [0.29, 0.717) is 5.41 Å². The fourth-order valence-corrected chi connectivity index (χ4v) is 3.68. The van der Waals surface area contributed by atoms with E-state index in [0.717, 1.165) is 11.6 Å². The summed E-state index contributed by atoms with van der Waals surface area (Å²) in [7, 11) is 3.97. The molecule has 1 aromatic rings. The number of ether oxygens (including phenoxy) is 1. The highest BCUT2D eigenvalue weighted by molar-refractivity contribution is 5.37. The van der Waals surface area contributed by atoms with Crippen LogP contribution >= 0.6 is 0 Å². The third kappa shape index (κ3) is 2.09. The van der Waals surface area contributed by atoms with Crippen molar-refractivity contribution in [3.63, 3.8) is 0 Å². The molecule has 0 amide bonds. The molecule has 2 heterocycles. The number of methoxy groups -OCH3 is 1. The number of pyridine rings is 1. The van der Waals surface area contributed by atoms with Gasteiger partial charge in [-0.3, -0.25) is 4.98 Å². The Morgan fingerprint density at radius 1 is 1.53 bits per heavy atom. The molecule has 0 N–H and O–H groups in total. The molecule has 3 nitrogen and oxygen atoms in total. The summed E-state index contributed by atoms with van der Waals surface area (Å²) in [6.45, 7) is 6.67. The van der Waals surface area contributed by atoms with Crippen LogP contribution in [-0.2, 0) is 10.2 Å². The van der Waals surface area contributed by atoms with Gasteiger partial charge in [0, 0.05) is 25.3 Å². The number of nitrogens with zero attached hydrogens (tertiary/aromatic N) is 2. The van der Waals surface area contributed by atoms with Gasteiger partial charge in [0.1, 0.15) is 0 Å². The molecule has 3 heteroatoms. The van der Waals surface area contributed by atoms with E-state index < -0.39 is 0 Å². The van der Waals surface area contributed by atoms with Crippen molar-refractivity contribution < 1.29 is 4.74 Å². The van der Waals surface area contributed by atoms with E-state index in [4.69, 9.17) is 4.74 Å². The molecule has 2 aliphatic rings.